The SMILES string of the molecule is C/C=C(/OC(C)(C)CCCC)C(C)=O.CC1CCC1C.Cc1ccccc1.N#CN(CN)Oc1cccc(N)c1. The van der Waals surface area contributed by atoms with Crippen LogP contribution in [0.15, 0.2) is 66.4 Å². The zero-order valence-electron chi connectivity index (χ0n) is 25.9. The van der Waals surface area contributed by atoms with Crippen LogP contribution in [0.4, 0.5) is 5.69 Å². The van der Waals surface area contributed by atoms with Crippen LogP contribution in [-0.4, -0.2) is 23.1 Å². The summed E-state index contributed by atoms with van der Waals surface area (Å²) in [4.78, 5) is 16.2. The van der Waals surface area contributed by atoms with Gasteiger partial charge in [0.1, 0.15) is 12.3 Å². The second kappa shape index (κ2) is 20.4. The van der Waals surface area contributed by atoms with Crippen molar-refractivity contribution in [3.8, 4) is 11.9 Å². The first-order valence-electron chi connectivity index (χ1n) is 14.2. The number of unbranched alkanes of at least 4 members (excludes halogenated alkanes) is 1. The molecule has 0 saturated heterocycles. The fourth-order valence-electron chi connectivity index (χ4n) is 3.45. The molecule has 0 aliphatic heterocycles. The zero-order chi connectivity index (χ0) is 30.6. The number of carbonyl (C=O) groups is 1. The number of ketones is 1. The third kappa shape index (κ3) is 17.2. The molecule has 0 heterocycles. The average Bonchev–Trinajstić information content (AvgIpc) is 2.94. The average molecular weight is 553 g/mol. The van der Waals surface area contributed by atoms with Crippen LogP contribution in [0.1, 0.15) is 86.1 Å². The van der Waals surface area contributed by atoms with Gasteiger partial charge in [-0.25, -0.2) is 0 Å². The molecular formula is C33H52N4O3. The number of hydrogen-bond acceptors (Lipinski definition) is 7. The number of nitrogens with zero attached hydrogens (tertiary/aromatic N) is 2. The van der Waals surface area contributed by atoms with Gasteiger partial charge in [0.05, 0.1) is 0 Å². The first kappa shape index (κ1) is 36.5. The minimum Gasteiger partial charge on any atom is -0.484 e. The molecule has 4 N–H and O–H groups in total. The predicted octanol–water partition coefficient (Wildman–Crippen LogP) is 7.77. The summed E-state index contributed by atoms with van der Waals surface area (Å²) in [7, 11) is 0. The van der Waals surface area contributed by atoms with Crippen molar-refractivity contribution >= 4 is 11.5 Å². The second-order valence-corrected chi connectivity index (χ2v) is 10.7. The highest BCUT2D eigenvalue weighted by atomic mass is 16.7. The first-order chi connectivity index (χ1) is 18.9. The van der Waals surface area contributed by atoms with Crippen LogP contribution >= 0.6 is 0 Å². The van der Waals surface area contributed by atoms with Crippen LogP contribution in [0.5, 0.6) is 5.75 Å². The summed E-state index contributed by atoms with van der Waals surface area (Å²) in [6.45, 7) is 16.3. The molecule has 1 aliphatic rings. The summed E-state index contributed by atoms with van der Waals surface area (Å²) in [5.41, 5.74) is 12.4. The van der Waals surface area contributed by atoms with Crippen LogP contribution in [0.2, 0.25) is 0 Å². The number of allylic oxidation sites excluding steroid dienone is 2. The predicted molar refractivity (Wildman–Crippen MR) is 166 cm³/mol. The number of hydroxylamine groups is 2. The largest absolute Gasteiger partial charge is 0.484 e. The lowest BCUT2D eigenvalue weighted by molar-refractivity contribution is -0.119. The minimum atomic E-state index is -0.233. The van der Waals surface area contributed by atoms with E-state index in [4.69, 9.17) is 26.3 Å². The van der Waals surface area contributed by atoms with E-state index < -0.39 is 0 Å². The van der Waals surface area contributed by atoms with Crippen molar-refractivity contribution in [2.75, 3.05) is 12.4 Å². The number of rotatable bonds is 9. The van der Waals surface area contributed by atoms with E-state index in [1.807, 2.05) is 39.0 Å². The first-order valence-corrected chi connectivity index (χ1v) is 14.2. The lowest BCUT2D eigenvalue weighted by atomic mass is 9.77. The summed E-state index contributed by atoms with van der Waals surface area (Å²) in [5.74, 6) is 3.03. The van der Waals surface area contributed by atoms with Gasteiger partial charge in [-0.2, -0.15) is 5.26 Å². The van der Waals surface area contributed by atoms with Crippen LogP contribution in [-0.2, 0) is 9.53 Å². The molecule has 1 saturated carbocycles. The molecule has 1 fully saturated rings. The van der Waals surface area contributed by atoms with Gasteiger partial charge in [0.2, 0.25) is 6.19 Å². The summed E-state index contributed by atoms with van der Waals surface area (Å²) in [6, 6.07) is 17.0. The number of Topliss-reactive ketones (excluding diaryl/α,β-unsaturated/α-hetero) is 1. The van der Waals surface area contributed by atoms with Crippen molar-refractivity contribution in [2.24, 2.45) is 17.6 Å². The third-order valence-corrected chi connectivity index (χ3v) is 6.47. The Labute approximate surface area is 243 Å². The minimum absolute atomic E-state index is 0.00271. The van der Waals surface area contributed by atoms with E-state index in [1.165, 1.54) is 25.3 Å². The van der Waals surface area contributed by atoms with Gasteiger partial charge < -0.3 is 21.0 Å². The maximum Gasteiger partial charge on any atom is 0.216 e. The smallest absolute Gasteiger partial charge is 0.216 e. The Balaban J connectivity index is 0.000000534. The van der Waals surface area contributed by atoms with Crippen molar-refractivity contribution in [1.29, 1.82) is 5.26 Å². The van der Waals surface area contributed by atoms with Crippen molar-refractivity contribution in [1.82, 2.24) is 5.06 Å². The topological polar surface area (TPSA) is 115 Å². The van der Waals surface area contributed by atoms with E-state index in [0.29, 0.717) is 17.2 Å². The number of benzene rings is 2. The maximum absolute atomic E-state index is 11.1. The number of nitrogen functional groups attached to an aromatic ring is 1. The lowest BCUT2D eigenvalue weighted by Gasteiger charge is -2.29. The van der Waals surface area contributed by atoms with Crippen LogP contribution in [0.25, 0.3) is 0 Å². The molecule has 7 nitrogen and oxygen atoms in total. The normalized spacial score (nSPS) is 15.7. The van der Waals surface area contributed by atoms with Crippen LogP contribution in [0.3, 0.4) is 0 Å². The molecule has 7 heteroatoms. The molecule has 0 amide bonds. The Morgan fingerprint density at radius 2 is 1.73 bits per heavy atom. The zero-order valence-corrected chi connectivity index (χ0v) is 25.9. The highest BCUT2D eigenvalue weighted by Gasteiger charge is 2.21. The van der Waals surface area contributed by atoms with Gasteiger partial charge in [0.15, 0.2) is 17.3 Å². The Morgan fingerprint density at radius 3 is 2.08 bits per heavy atom. The quantitative estimate of drug-likeness (QED) is 0.0621. The van der Waals surface area contributed by atoms with Gasteiger partial charge in [-0.15, -0.1) is 5.06 Å². The van der Waals surface area contributed by atoms with Crippen LogP contribution in [0, 0.1) is 30.2 Å². The van der Waals surface area contributed by atoms with Gasteiger partial charge in [-0.1, -0.05) is 82.0 Å². The Kier molecular flexibility index (Phi) is 18.6. The molecule has 2 aromatic rings. The molecule has 0 spiro atoms. The second-order valence-electron chi connectivity index (χ2n) is 10.7. The van der Waals surface area contributed by atoms with Gasteiger partial charge >= 0.3 is 0 Å². The monoisotopic (exact) mass is 552 g/mol. The van der Waals surface area contributed by atoms with E-state index in [9.17, 15) is 4.79 Å². The van der Waals surface area contributed by atoms with Crippen molar-refractivity contribution in [3.63, 3.8) is 0 Å². The number of nitriles is 1. The number of hydrogen-bond donors (Lipinski definition) is 2. The van der Waals surface area contributed by atoms with Crippen molar-refractivity contribution in [2.45, 2.75) is 93.1 Å². The molecule has 0 aromatic heterocycles. The molecule has 0 bridgehead atoms. The molecule has 0 radical (unpaired) electrons. The van der Waals surface area contributed by atoms with Gasteiger partial charge in [-0.05, 0) is 70.6 Å². The molecule has 2 unspecified atom stereocenters. The lowest BCUT2D eigenvalue weighted by Crippen LogP contribution is -2.28. The van der Waals surface area contributed by atoms with Gasteiger partial charge in [0.25, 0.3) is 0 Å². The fourth-order valence-corrected chi connectivity index (χ4v) is 3.45. The highest BCUT2D eigenvalue weighted by molar-refractivity contribution is 5.91. The molecule has 2 atom stereocenters. The molecule has 40 heavy (non-hydrogen) atoms. The van der Waals surface area contributed by atoms with E-state index >= 15 is 0 Å². The van der Waals surface area contributed by atoms with E-state index in [1.54, 1.807) is 36.5 Å². The number of nitrogens with two attached hydrogens (primary N) is 2. The molecule has 1 aliphatic carbocycles. The van der Waals surface area contributed by atoms with Crippen LogP contribution < -0.4 is 16.3 Å². The standard InChI is InChI=1S/C12H22O2.C8H10N4O.C7H8.C6H12/c1-6-8-9-12(4,5)14-11(7-2)10(3)13;9-5-12(6-10)13-8-3-1-2-7(11)4-8;1-7-5-3-2-4-6-7;1-5-3-4-6(5)2/h7H,6,8-9H2,1-5H3;1-4H,5,9,11H2;2-6H,1H3;5-6H,3-4H2,1-2H3/b11-7+;;;. The van der Waals surface area contributed by atoms with E-state index in [-0.39, 0.29) is 18.1 Å². The number of aryl methyl sites for hydroxylation is 1. The van der Waals surface area contributed by atoms with E-state index in [0.717, 1.165) is 36.2 Å². The van der Waals surface area contributed by atoms with Crippen molar-refractivity contribution < 1.29 is 14.4 Å². The summed E-state index contributed by atoms with van der Waals surface area (Å²) in [5, 5.41) is 9.45. The summed E-state index contributed by atoms with van der Waals surface area (Å²) >= 11 is 0. The molecule has 2 aromatic carbocycles. The van der Waals surface area contributed by atoms with Crippen molar-refractivity contribution in [3.05, 3.63) is 72.0 Å². The number of anilines is 1. The Morgan fingerprint density at radius 1 is 1.12 bits per heavy atom. The van der Waals surface area contributed by atoms with Gasteiger partial charge in [0, 0.05) is 18.7 Å². The Bertz CT molecular complexity index is 1020. The molecule has 222 valence electrons. The van der Waals surface area contributed by atoms with Gasteiger partial charge in [-0.3, -0.25) is 4.79 Å². The third-order valence-electron chi connectivity index (χ3n) is 6.47. The fraction of sp³-hybridized carbons (Fsp3) is 0.515. The molecule has 3 rings (SSSR count). The maximum atomic E-state index is 11.1. The summed E-state index contributed by atoms with van der Waals surface area (Å²) in [6.07, 6.45) is 9.70. The Hall–Kier alpha value is -3.50. The van der Waals surface area contributed by atoms with E-state index in [2.05, 4.69) is 39.8 Å². The number of carbonyl (C=O) groups excluding carboxylic acids is 1. The highest BCUT2D eigenvalue weighted by Crippen LogP contribution is 2.32. The number of ether oxygens (including phenoxy) is 1. The summed E-state index contributed by atoms with van der Waals surface area (Å²) < 4.78 is 5.66. The molecular weight excluding hydrogens is 500 g/mol.